The van der Waals surface area contributed by atoms with Crippen LogP contribution >= 0.6 is 11.3 Å². The van der Waals surface area contributed by atoms with Crippen LogP contribution < -0.4 is 5.32 Å². The Balaban J connectivity index is 2.78. The van der Waals surface area contributed by atoms with Gasteiger partial charge in [-0.05, 0) is 27.7 Å². The molecule has 6 heteroatoms. The van der Waals surface area contributed by atoms with Crippen LogP contribution in [-0.2, 0) is 0 Å². The number of hydrogen-bond donors (Lipinski definition) is 1. The van der Waals surface area contributed by atoms with Gasteiger partial charge in [-0.25, -0.2) is 0 Å². The Bertz CT molecular complexity index is 350. The summed E-state index contributed by atoms with van der Waals surface area (Å²) in [6, 6.07) is 0.184. The first-order valence-corrected chi connectivity index (χ1v) is 6.30. The number of nitrogens with zero attached hydrogens (tertiary/aromatic N) is 3. The molecule has 0 unspecified atom stereocenters. The summed E-state index contributed by atoms with van der Waals surface area (Å²) >= 11 is 1.30. The van der Waals surface area contributed by atoms with Crippen molar-refractivity contribution in [3.63, 3.8) is 0 Å². The first kappa shape index (κ1) is 12.9. The summed E-state index contributed by atoms with van der Waals surface area (Å²) in [4.78, 5) is 13.8. The highest BCUT2D eigenvalue weighted by molar-refractivity contribution is 7.17. The van der Waals surface area contributed by atoms with E-state index in [4.69, 9.17) is 0 Å². The van der Waals surface area contributed by atoms with Crippen molar-refractivity contribution in [3.8, 4) is 0 Å². The maximum atomic E-state index is 12.0. The first-order chi connectivity index (χ1) is 7.60. The molecule has 0 saturated heterocycles. The lowest BCUT2D eigenvalue weighted by atomic mass is 10.3. The van der Waals surface area contributed by atoms with E-state index in [-0.39, 0.29) is 11.9 Å². The second kappa shape index (κ2) is 5.79. The number of hydrogen-bond acceptors (Lipinski definition) is 5. The van der Waals surface area contributed by atoms with Crippen molar-refractivity contribution in [2.45, 2.75) is 33.7 Å². The van der Waals surface area contributed by atoms with E-state index in [1.54, 1.807) is 4.90 Å². The SMILES string of the molecule is CCNc1nnc(C(=O)N(CC)C(C)C)s1. The predicted molar refractivity (Wildman–Crippen MR) is 65.9 cm³/mol. The Morgan fingerprint density at radius 1 is 1.44 bits per heavy atom. The van der Waals surface area contributed by atoms with Crippen LogP contribution in [0.15, 0.2) is 0 Å². The average Bonchev–Trinajstić information content (AvgIpc) is 2.67. The Hall–Kier alpha value is -1.17. The molecule has 0 spiro atoms. The second-order valence-electron chi connectivity index (χ2n) is 3.63. The third-order valence-electron chi connectivity index (χ3n) is 2.16. The van der Waals surface area contributed by atoms with Crippen LogP contribution in [0.4, 0.5) is 5.13 Å². The molecule has 0 aromatic carbocycles. The van der Waals surface area contributed by atoms with Crippen LogP contribution in [-0.4, -0.2) is 40.1 Å². The molecule has 0 atom stereocenters. The van der Waals surface area contributed by atoms with Gasteiger partial charge in [-0.2, -0.15) is 0 Å². The summed E-state index contributed by atoms with van der Waals surface area (Å²) < 4.78 is 0. The number of carbonyl (C=O) groups is 1. The van der Waals surface area contributed by atoms with Crippen molar-refractivity contribution in [3.05, 3.63) is 5.01 Å². The van der Waals surface area contributed by atoms with Crippen LogP contribution in [0.1, 0.15) is 37.5 Å². The van der Waals surface area contributed by atoms with Gasteiger partial charge < -0.3 is 10.2 Å². The molecule has 1 aromatic rings. The number of carbonyl (C=O) groups excluding carboxylic acids is 1. The normalized spacial score (nSPS) is 10.6. The number of nitrogens with one attached hydrogen (secondary N) is 1. The number of rotatable bonds is 5. The van der Waals surface area contributed by atoms with Crippen molar-refractivity contribution in [2.24, 2.45) is 0 Å². The molecule has 0 aliphatic rings. The minimum atomic E-state index is -0.0425. The lowest BCUT2D eigenvalue weighted by Gasteiger charge is -2.23. The van der Waals surface area contributed by atoms with Crippen LogP contribution in [0.3, 0.4) is 0 Å². The second-order valence-corrected chi connectivity index (χ2v) is 4.61. The first-order valence-electron chi connectivity index (χ1n) is 5.48. The van der Waals surface area contributed by atoms with E-state index in [9.17, 15) is 4.79 Å². The summed E-state index contributed by atoms with van der Waals surface area (Å²) in [7, 11) is 0. The molecule has 0 fully saturated rings. The van der Waals surface area contributed by atoms with E-state index in [1.165, 1.54) is 11.3 Å². The number of aromatic nitrogens is 2. The molecule has 90 valence electrons. The molecular formula is C10H18N4OS. The largest absolute Gasteiger partial charge is 0.360 e. The van der Waals surface area contributed by atoms with Gasteiger partial charge in [0.05, 0.1) is 0 Å². The Kier molecular flexibility index (Phi) is 4.67. The molecule has 0 aliphatic carbocycles. The van der Waals surface area contributed by atoms with E-state index >= 15 is 0 Å². The standard InChI is InChI=1S/C10H18N4OS/c1-5-11-10-13-12-8(16-10)9(15)14(6-2)7(3)4/h7H,5-6H2,1-4H3,(H,11,13). The summed E-state index contributed by atoms with van der Waals surface area (Å²) in [5.41, 5.74) is 0. The molecule has 1 rings (SSSR count). The van der Waals surface area contributed by atoms with Gasteiger partial charge in [0.1, 0.15) is 0 Å². The number of amides is 1. The van der Waals surface area contributed by atoms with Crippen LogP contribution in [0.25, 0.3) is 0 Å². The maximum absolute atomic E-state index is 12.0. The fourth-order valence-electron chi connectivity index (χ4n) is 1.40. The van der Waals surface area contributed by atoms with Crippen LogP contribution in [0.5, 0.6) is 0 Å². The molecule has 0 bridgehead atoms. The molecule has 0 saturated carbocycles. The molecule has 1 heterocycles. The lowest BCUT2D eigenvalue weighted by Crippen LogP contribution is -2.36. The van der Waals surface area contributed by atoms with Gasteiger partial charge in [0.15, 0.2) is 0 Å². The summed E-state index contributed by atoms with van der Waals surface area (Å²) in [5.74, 6) is -0.0425. The van der Waals surface area contributed by atoms with Crippen molar-refractivity contribution in [1.82, 2.24) is 15.1 Å². The zero-order chi connectivity index (χ0) is 12.1. The minimum absolute atomic E-state index is 0.0425. The molecule has 1 aromatic heterocycles. The average molecular weight is 242 g/mol. The summed E-state index contributed by atoms with van der Waals surface area (Å²) in [6.45, 7) is 9.40. The monoisotopic (exact) mass is 242 g/mol. The number of anilines is 1. The van der Waals surface area contributed by atoms with Gasteiger partial charge in [0.25, 0.3) is 5.91 Å². The zero-order valence-corrected chi connectivity index (χ0v) is 11.0. The van der Waals surface area contributed by atoms with Gasteiger partial charge >= 0.3 is 0 Å². The smallest absolute Gasteiger partial charge is 0.285 e. The molecule has 16 heavy (non-hydrogen) atoms. The van der Waals surface area contributed by atoms with Gasteiger partial charge in [-0.1, -0.05) is 11.3 Å². The molecule has 0 aliphatic heterocycles. The summed E-state index contributed by atoms with van der Waals surface area (Å²) in [5, 5.41) is 12.0. The highest BCUT2D eigenvalue weighted by atomic mass is 32.1. The van der Waals surface area contributed by atoms with Crippen molar-refractivity contribution >= 4 is 22.4 Å². The fourth-order valence-corrected chi connectivity index (χ4v) is 2.17. The van der Waals surface area contributed by atoms with E-state index in [1.807, 2.05) is 27.7 Å². The highest BCUT2D eigenvalue weighted by Crippen LogP contribution is 2.17. The molecular weight excluding hydrogens is 224 g/mol. The molecule has 0 radical (unpaired) electrons. The Labute approximate surface area is 99.9 Å². The predicted octanol–water partition coefficient (Wildman–Crippen LogP) is 1.84. The third-order valence-corrected chi connectivity index (χ3v) is 3.03. The lowest BCUT2D eigenvalue weighted by molar-refractivity contribution is 0.0715. The van der Waals surface area contributed by atoms with Crippen LogP contribution in [0, 0.1) is 0 Å². The Morgan fingerprint density at radius 3 is 2.62 bits per heavy atom. The maximum Gasteiger partial charge on any atom is 0.285 e. The van der Waals surface area contributed by atoms with Crippen molar-refractivity contribution in [2.75, 3.05) is 18.4 Å². The van der Waals surface area contributed by atoms with Gasteiger partial charge in [-0.3, -0.25) is 4.79 Å². The highest BCUT2D eigenvalue weighted by Gasteiger charge is 2.20. The Morgan fingerprint density at radius 2 is 2.12 bits per heavy atom. The zero-order valence-electron chi connectivity index (χ0n) is 10.1. The molecule has 1 amide bonds. The van der Waals surface area contributed by atoms with Gasteiger partial charge in [0.2, 0.25) is 10.1 Å². The topological polar surface area (TPSA) is 58.1 Å². The van der Waals surface area contributed by atoms with Crippen LogP contribution in [0.2, 0.25) is 0 Å². The quantitative estimate of drug-likeness (QED) is 0.856. The summed E-state index contributed by atoms with van der Waals surface area (Å²) in [6.07, 6.45) is 0. The molecule has 1 N–H and O–H groups in total. The van der Waals surface area contributed by atoms with Crippen molar-refractivity contribution < 1.29 is 4.79 Å². The van der Waals surface area contributed by atoms with E-state index in [0.717, 1.165) is 6.54 Å². The third kappa shape index (κ3) is 2.91. The van der Waals surface area contributed by atoms with Gasteiger partial charge in [0, 0.05) is 19.1 Å². The minimum Gasteiger partial charge on any atom is -0.360 e. The van der Waals surface area contributed by atoms with E-state index in [2.05, 4.69) is 15.5 Å². The van der Waals surface area contributed by atoms with Gasteiger partial charge in [-0.15, -0.1) is 10.2 Å². The molecule has 5 nitrogen and oxygen atoms in total. The van der Waals surface area contributed by atoms with E-state index < -0.39 is 0 Å². The fraction of sp³-hybridized carbons (Fsp3) is 0.700. The van der Waals surface area contributed by atoms with E-state index in [0.29, 0.717) is 16.7 Å². The van der Waals surface area contributed by atoms with Crippen molar-refractivity contribution in [1.29, 1.82) is 0 Å².